The van der Waals surface area contributed by atoms with Crippen LogP contribution in [0.3, 0.4) is 0 Å². The molecule has 0 aliphatic carbocycles. The predicted octanol–water partition coefficient (Wildman–Crippen LogP) is -0.267. The van der Waals surface area contributed by atoms with Gasteiger partial charge < -0.3 is 39.1 Å². The van der Waals surface area contributed by atoms with Crippen molar-refractivity contribution >= 4 is 77.0 Å². The number of aliphatic hydroxyl groups is 1. The molecule has 2 aromatic heterocycles. The zero-order valence-electron chi connectivity index (χ0n) is 32.4. The lowest BCUT2D eigenvalue weighted by Gasteiger charge is -2.27. The van der Waals surface area contributed by atoms with Crippen molar-refractivity contribution in [1.29, 1.82) is 0 Å². The number of rotatable bonds is 13. The number of hydrogen-bond acceptors (Lipinski definition) is 7. The smallest absolute Gasteiger partial charge is 0.265 e. The van der Waals surface area contributed by atoms with Crippen LogP contribution in [0.1, 0.15) is 59.8 Å². The number of hydrogen-bond donors (Lipinski definition) is 1. The van der Waals surface area contributed by atoms with Crippen LogP contribution in [-0.4, -0.2) is 71.2 Å². The SMILES string of the molecule is O=C1c2cccc3c(Br)ccc(c23)C(=O)N1CCC[n+]1cnn(CC(O)(Cn2c[n+](CCCN3C(=O)c4cccc5c(Br)ccc(c45)C3=O)cn2)c2ccc(F)cc2F)c1.[Br-].[Br-]. The van der Waals surface area contributed by atoms with E-state index in [-0.39, 0.29) is 89.3 Å². The number of benzene rings is 5. The van der Waals surface area contributed by atoms with Crippen LogP contribution in [0.4, 0.5) is 8.78 Å². The van der Waals surface area contributed by atoms with Crippen LogP contribution in [-0.2, 0) is 31.8 Å². The fourth-order valence-corrected chi connectivity index (χ4v) is 9.12. The number of halogens is 6. The summed E-state index contributed by atoms with van der Waals surface area (Å²) in [6.07, 6.45) is 7.08. The van der Waals surface area contributed by atoms with E-state index in [1.165, 1.54) is 37.9 Å². The predicted molar refractivity (Wildman–Crippen MR) is 218 cm³/mol. The van der Waals surface area contributed by atoms with Crippen molar-refractivity contribution < 1.29 is 76.2 Å². The first-order valence-corrected chi connectivity index (χ1v) is 20.6. The summed E-state index contributed by atoms with van der Waals surface area (Å²) in [5, 5.41) is 23.7. The lowest BCUT2D eigenvalue weighted by atomic mass is 9.93. The van der Waals surface area contributed by atoms with E-state index in [1.54, 1.807) is 70.3 Å². The molecule has 2 aliphatic heterocycles. The van der Waals surface area contributed by atoms with Gasteiger partial charge in [0.15, 0.2) is 5.60 Å². The Morgan fingerprint density at radius 2 is 1.05 bits per heavy atom. The van der Waals surface area contributed by atoms with Gasteiger partial charge >= 0.3 is 0 Å². The average Bonchev–Trinajstić information content (AvgIpc) is 3.87. The minimum atomic E-state index is -1.96. The standard InChI is InChI=1S/C43H34Br2F2N8O5.2BrH/c44-34-13-10-31-37-27(34)5-1-7-29(37)39(56)54(41(31)58)17-3-15-50-22-48-52(24-50)20-43(60,33-12-9-26(46)19-36(33)47)21-53-25-51(23-49-53)16-4-18-55-40(57)30-8-2-6-28-35(45)14-11-32(38(28)30)42(55)59;;/h1-2,5-14,19,22-25,60H,3-4,15-18,20-21H2;2*1H/q+2;;/p-2. The Hall–Kier alpha value is -5.08. The van der Waals surface area contributed by atoms with Gasteiger partial charge in [0.2, 0.25) is 12.7 Å². The third-order valence-corrected chi connectivity index (χ3v) is 12.4. The van der Waals surface area contributed by atoms with Gasteiger partial charge in [0.25, 0.3) is 36.3 Å². The molecule has 0 saturated heterocycles. The molecule has 62 heavy (non-hydrogen) atoms. The molecular formula is C43H34Br4F2N8O5. The summed E-state index contributed by atoms with van der Waals surface area (Å²) in [6.45, 7) is 0.548. The molecule has 0 unspecified atom stereocenters. The van der Waals surface area contributed by atoms with Crippen LogP contribution in [0.2, 0.25) is 0 Å². The van der Waals surface area contributed by atoms with E-state index in [2.05, 4.69) is 42.1 Å². The molecule has 13 nitrogen and oxygen atoms in total. The number of nitrogens with zero attached hydrogens (tertiary/aromatic N) is 8. The second-order valence-corrected chi connectivity index (χ2v) is 16.6. The Balaban J connectivity index is 0.00000289. The quantitative estimate of drug-likeness (QED) is 0.124. The first-order valence-electron chi connectivity index (χ1n) is 19.1. The number of imide groups is 2. The van der Waals surface area contributed by atoms with E-state index in [0.29, 0.717) is 65.0 Å². The largest absolute Gasteiger partial charge is 1.00 e. The average molecular weight is 1100 g/mol. The van der Waals surface area contributed by atoms with Crippen LogP contribution >= 0.6 is 31.9 Å². The summed E-state index contributed by atoms with van der Waals surface area (Å²) in [5.41, 5.74) is -0.282. The lowest BCUT2D eigenvalue weighted by molar-refractivity contribution is -0.698. The molecule has 4 heterocycles. The number of carbonyl (C=O) groups excluding carboxylic acids is 4. The molecule has 0 fully saturated rings. The van der Waals surface area contributed by atoms with Crippen LogP contribution in [0.5, 0.6) is 0 Å². The van der Waals surface area contributed by atoms with Gasteiger partial charge in [-0.05, 0) is 66.1 Å². The van der Waals surface area contributed by atoms with E-state index in [1.807, 2.05) is 12.1 Å². The molecule has 0 saturated carbocycles. The first kappa shape index (κ1) is 45.0. The number of aryl methyl sites for hydroxylation is 2. The highest BCUT2D eigenvalue weighted by molar-refractivity contribution is 9.11. The molecule has 0 bridgehead atoms. The van der Waals surface area contributed by atoms with Gasteiger partial charge in [-0.15, -0.1) is 9.36 Å². The van der Waals surface area contributed by atoms with E-state index in [9.17, 15) is 28.7 Å². The molecule has 5 aromatic carbocycles. The van der Waals surface area contributed by atoms with Crippen LogP contribution in [0.15, 0.2) is 113 Å². The summed E-state index contributed by atoms with van der Waals surface area (Å²) >= 11 is 7.02. The zero-order chi connectivity index (χ0) is 41.9. The zero-order valence-corrected chi connectivity index (χ0v) is 38.7. The third kappa shape index (κ3) is 8.16. The Morgan fingerprint density at radius 1 is 0.613 bits per heavy atom. The Morgan fingerprint density at radius 3 is 1.48 bits per heavy atom. The number of aromatic nitrogens is 6. The fourth-order valence-electron chi connectivity index (χ4n) is 8.19. The second-order valence-electron chi connectivity index (χ2n) is 14.9. The molecule has 19 heteroatoms. The molecule has 7 aromatic rings. The van der Waals surface area contributed by atoms with Crippen molar-refractivity contribution in [1.82, 2.24) is 29.4 Å². The van der Waals surface area contributed by atoms with Crippen molar-refractivity contribution in [3.05, 3.63) is 153 Å². The maximum absolute atomic E-state index is 15.3. The van der Waals surface area contributed by atoms with Crippen LogP contribution in [0.25, 0.3) is 21.5 Å². The number of amides is 4. The van der Waals surface area contributed by atoms with Crippen molar-refractivity contribution in [3.8, 4) is 0 Å². The fraction of sp³-hybridized carbons (Fsp3) is 0.209. The van der Waals surface area contributed by atoms with E-state index >= 15 is 4.39 Å². The molecular weight excluding hydrogens is 1070 g/mol. The van der Waals surface area contributed by atoms with Gasteiger partial charge in [0, 0.05) is 76.9 Å². The van der Waals surface area contributed by atoms with Crippen LogP contribution < -0.4 is 43.1 Å². The molecule has 0 radical (unpaired) electrons. The second kappa shape index (κ2) is 18.0. The summed E-state index contributed by atoms with van der Waals surface area (Å²) < 4.78 is 37.3. The molecule has 9 rings (SSSR count). The molecule has 0 atom stereocenters. The number of carbonyl (C=O) groups is 4. The van der Waals surface area contributed by atoms with Crippen LogP contribution in [0, 0.1) is 11.6 Å². The topological polar surface area (TPSA) is 138 Å². The minimum absolute atomic E-state index is 0. The van der Waals surface area contributed by atoms with Crippen molar-refractivity contribution in [2.45, 2.75) is 44.6 Å². The molecule has 0 spiro atoms. The minimum Gasteiger partial charge on any atom is -1.00 e. The van der Waals surface area contributed by atoms with Gasteiger partial charge in [0.1, 0.15) is 24.7 Å². The summed E-state index contributed by atoms with van der Waals surface area (Å²) in [7, 11) is 0. The van der Waals surface area contributed by atoms with Gasteiger partial charge in [0.05, 0.1) is 13.1 Å². The highest BCUT2D eigenvalue weighted by atomic mass is 79.9. The van der Waals surface area contributed by atoms with E-state index in [0.717, 1.165) is 25.8 Å². The molecule has 1 N–H and O–H groups in total. The monoisotopic (exact) mass is 1100 g/mol. The maximum Gasteiger partial charge on any atom is 0.265 e. The molecule has 2 aliphatic rings. The Kier molecular flexibility index (Phi) is 13.0. The molecule has 4 amide bonds. The van der Waals surface area contributed by atoms with Gasteiger partial charge in [-0.2, -0.15) is 0 Å². The lowest BCUT2D eigenvalue weighted by Crippen LogP contribution is -3.00. The van der Waals surface area contributed by atoms with E-state index < -0.39 is 17.2 Å². The normalized spacial score (nSPS) is 13.6. The molecule has 318 valence electrons. The highest BCUT2D eigenvalue weighted by Crippen LogP contribution is 2.36. The Labute approximate surface area is 390 Å². The highest BCUT2D eigenvalue weighted by Gasteiger charge is 2.40. The van der Waals surface area contributed by atoms with E-state index in [4.69, 9.17) is 0 Å². The van der Waals surface area contributed by atoms with Crippen molar-refractivity contribution in [2.24, 2.45) is 0 Å². The van der Waals surface area contributed by atoms with Gasteiger partial charge in [-0.25, -0.2) is 17.9 Å². The van der Waals surface area contributed by atoms with Gasteiger partial charge in [-0.3, -0.25) is 29.0 Å². The maximum atomic E-state index is 15.3. The van der Waals surface area contributed by atoms with Crippen molar-refractivity contribution in [3.63, 3.8) is 0 Å². The van der Waals surface area contributed by atoms with Crippen molar-refractivity contribution in [2.75, 3.05) is 13.1 Å². The third-order valence-electron chi connectivity index (χ3n) is 11.0. The summed E-state index contributed by atoms with van der Waals surface area (Å²) in [5.74, 6) is -3.22. The first-order chi connectivity index (χ1) is 28.9. The summed E-state index contributed by atoms with van der Waals surface area (Å²) in [4.78, 5) is 56.2. The van der Waals surface area contributed by atoms with Gasteiger partial charge in [-0.1, -0.05) is 62.2 Å². The summed E-state index contributed by atoms with van der Waals surface area (Å²) in [6, 6.07) is 20.7. The Bertz CT molecular complexity index is 2730.